The molecule has 0 aliphatic rings. The highest BCUT2D eigenvalue weighted by atomic mass is 32.2. The van der Waals surface area contributed by atoms with Crippen LogP contribution in [-0.4, -0.2) is 37.7 Å². The Hall–Kier alpha value is -2.22. The molecule has 8 heteroatoms. The van der Waals surface area contributed by atoms with Gasteiger partial charge in [-0.05, 0) is 34.7 Å². The first-order valence-corrected chi connectivity index (χ1v) is 7.37. The van der Waals surface area contributed by atoms with Gasteiger partial charge in [0.05, 0.1) is 5.75 Å². The van der Waals surface area contributed by atoms with Crippen LogP contribution in [0.4, 0.5) is 5.69 Å². The van der Waals surface area contributed by atoms with Gasteiger partial charge in [0.25, 0.3) is 0 Å². The SMILES string of the molecule is CCC(=O)Nc1ccc(C(=O)CSc2nnnn2C)cc1. The fraction of sp³-hybridized carbons (Fsp3) is 0.308. The van der Waals surface area contributed by atoms with Crippen LogP contribution in [0, 0.1) is 0 Å². The van der Waals surface area contributed by atoms with E-state index >= 15 is 0 Å². The largest absolute Gasteiger partial charge is 0.326 e. The summed E-state index contributed by atoms with van der Waals surface area (Å²) in [4.78, 5) is 23.3. The number of carbonyl (C=O) groups is 2. The summed E-state index contributed by atoms with van der Waals surface area (Å²) in [7, 11) is 1.72. The fourth-order valence-corrected chi connectivity index (χ4v) is 2.29. The summed E-state index contributed by atoms with van der Waals surface area (Å²) < 4.78 is 1.52. The van der Waals surface area contributed by atoms with Gasteiger partial charge in [-0.3, -0.25) is 9.59 Å². The van der Waals surface area contributed by atoms with Crippen LogP contribution in [0.2, 0.25) is 0 Å². The molecule has 0 saturated carbocycles. The molecule has 0 saturated heterocycles. The van der Waals surface area contributed by atoms with E-state index in [9.17, 15) is 9.59 Å². The van der Waals surface area contributed by atoms with Crippen molar-refractivity contribution < 1.29 is 9.59 Å². The number of nitrogens with zero attached hydrogens (tertiary/aromatic N) is 4. The second-order valence-corrected chi connectivity index (χ2v) is 5.22. The Morgan fingerprint density at radius 2 is 2.00 bits per heavy atom. The zero-order valence-electron chi connectivity index (χ0n) is 11.7. The highest BCUT2D eigenvalue weighted by Gasteiger charge is 2.10. The van der Waals surface area contributed by atoms with Crippen LogP contribution in [0.3, 0.4) is 0 Å². The molecule has 1 heterocycles. The van der Waals surface area contributed by atoms with Crippen molar-refractivity contribution in [2.24, 2.45) is 7.05 Å². The normalized spacial score (nSPS) is 10.4. The second-order valence-electron chi connectivity index (χ2n) is 4.28. The topological polar surface area (TPSA) is 89.8 Å². The van der Waals surface area contributed by atoms with Gasteiger partial charge in [-0.1, -0.05) is 18.7 Å². The smallest absolute Gasteiger partial charge is 0.224 e. The number of carbonyl (C=O) groups excluding carboxylic acids is 2. The summed E-state index contributed by atoms with van der Waals surface area (Å²) in [5.74, 6) is 0.185. The molecule has 1 aromatic heterocycles. The number of nitrogens with one attached hydrogen (secondary N) is 1. The molecule has 1 amide bonds. The van der Waals surface area contributed by atoms with Crippen LogP contribution in [0.1, 0.15) is 23.7 Å². The van der Waals surface area contributed by atoms with Crippen molar-refractivity contribution in [1.29, 1.82) is 0 Å². The van der Waals surface area contributed by atoms with Gasteiger partial charge in [-0.25, -0.2) is 4.68 Å². The van der Waals surface area contributed by atoms with Crippen LogP contribution in [0.15, 0.2) is 29.4 Å². The number of aromatic nitrogens is 4. The molecule has 0 aliphatic carbocycles. The first kappa shape index (κ1) is 15.2. The number of hydrogen-bond donors (Lipinski definition) is 1. The Balaban J connectivity index is 1.93. The second kappa shape index (κ2) is 6.98. The van der Waals surface area contributed by atoms with E-state index in [-0.39, 0.29) is 17.4 Å². The lowest BCUT2D eigenvalue weighted by atomic mass is 10.1. The van der Waals surface area contributed by atoms with Crippen molar-refractivity contribution >= 4 is 29.1 Å². The van der Waals surface area contributed by atoms with Crippen molar-refractivity contribution in [2.45, 2.75) is 18.5 Å². The standard InChI is InChI=1S/C13H15N5O2S/c1-3-12(20)14-10-6-4-9(5-7-10)11(19)8-21-13-15-16-17-18(13)2/h4-7H,3,8H2,1-2H3,(H,14,20). The maximum Gasteiger partial charge on any atom is 0.224 e. The molecular formula is C13H15N5O2S. The number of anilines is 1. The van der Waals surface area contributed by atoms with Crippen molar-refractivity contribution in [3.05, 3.63) is 29.8 Å². The first-order valence-electron chi connectivity index (χ1n) is 6.38. The molecule has 1 N–H and O–H groups in total. The molecule has 0 fully saturated rings. The van der Waals surface area contributed by atoms with Crippen LogP contribution in [0.25, 0.3) is 0 Å². The van der Waals surface area contributed by atoms with Gasteiger partial charge in [0, 0.05) is 24.7 Å². The van der Waals surface area contributed by atoms with Crippen molar-refractivity contribution in [3.8, 4) is 0 Å². The van der Waals surface area contributed by atoms with E-state index in [1.54, 1.807) is 38.2 Å². The number of amides is 1. The number of ketones is 1. The van der Waals surface area contributed by atoms with Crippen LogP contribution < -0.4 is 5.32 Å². The molecule has 21 heavy (non-hydrogen) atoms. The number of rotatable bonds is 6. The lowest BCUT2D eigenvalue weighted by Crippen LogP contribution is -2.10. The number of Topliss-reactive ketones (excluding diaryl/α,β-unsaturated/α-hetero) is 1. The molecule has 2 aromatic rings. The minimum absolute atomic E-state index is 0.0173. The molecule has 0 aliphatic heterocycles. The van der Waals surface area contributed by atoms with E-state index in [0.29, 0.717) is 22.8 Å². The van der Waals surface area contributed by atoms with Crippen molar-refractivity contribution in [2.75, 3.05) is 11.1 Å². The van der Waals surface area contributed by atoms with E-state index in [4.69, 9.17) is 0 Å². The molecular weight excluding hydrogens is 290 g/mol. The number of tetrazole rings is 1. The van der Waals surface area contributed by atoms with Gasteiger partial charge < -0.3 is 5.32 Å². The third kappa shape index (κ3) is 4.12. The quantitative estimate of drug-likeness (QED) is 0.643. The zero-order chi connectivity index (χ0) is 15.2. The molecule has 0 unspecified atom stereocenters. The van der Waals surface area contributed by atoms with E-state index < -0.39 is 0 Å². The third-order valence-electron chi connectivity index (χ3n) is 2.73. The third-order valence-corrected chi connectivity index (χ3v) is 3.74. The summed E-state index contributed by atoms with van der Waals surface area (Å²) in [5, 5.41) is 14.3. The predicted octanol–water partition coefficient (Wildman–Crippen LogP) is 1.53. The average Bonchev–Trinajstić information content (AvgIpc) is 2.90. The number of thioether (sulfide) groups is 1. The number of hydrogen-bond acceptors (Lipinski definition) is 6. The van der Waals surface area contributed by atoms with Gasteiger partial charge in [-0.2, -0.15) is 0 Å². The molecule has 110 valence electrons. The Bertz CT molecular complexity index is 638. The van der Waals surface area contributed by atoms with Crippen molar-refractivity contribution in [1.82, 2.24) is 20.2 Å². The summed E-state index contributed by atoms with van der Waals surface area (Å²) in [6, 6.07) is 6.83. The Labute approximate surface area is 126 Å². The Kier molecular flexibility index (Phi) is 5.04. The van der Waals surface area contributed by atoms with Gasteiger partial charge in [0.15, 0.2) is 5.78 Å². The molecule has 0 spiro atoms. The van der Waals surface area contributed by atoms with E-state index in [1.807, 2.05) is 0 Å². The summed E-state index contributed by atoms with van der Waals surface area (Å²) in [5.41, 5.74) is 1.27. The summed E-state index contributed by atoms with van der Waals surface area (Å²) >= 11 is 1.28. The van der Waals surface area contributed by atoms with Crippen LogP contribution >= 0.6 is 11.8 Å². The average molecular weight is 305 g/mol. The predicted molar refractivity (Wildman–Crippen MR) is 79.2 cm³/mol. The summed E-state index contributed by atoms with van der Waals surface area (Å²) in [6.45, 7) is 1.78. The maximum absolute atomic E-state index is 12.1. The highest BCUT2D eigenvalue weighted by Crippen LogP contribution is 2.16. The van der Waals surface area contributed by atoms with E-state index in [1.165, 1.54) is 16.4 Å². The Morgan fingerprint density at radius 3 is 2.57 bits per heavy atom. The highest BCUT2D eigenvalue weighted by molar-refractivity contribution is 7.99. The van der Waals surface area contributed by atoms with Gasteiger partial charge >= 0.3 is 0 Å². The minimum atomic E-state index is -0.0561. The first-order chi connectivity index (χ1) is 10.1. The van der Waals surface area contributed by atoms with Crippen LogP contribution in [-0.2, 0) is 11.8 Å². The molecule has 0 bridgehead atoms. The number of aryl methyl sites for hydroxylation is 1. The van der Waals surface area contributed by atoms with Crippen LogP contribution in [0.5, 0.6) is 0 Å². The van der Waals surface area contributed by atoms with Gasteiger partial charge in [0.2, 0.25) is 11.1 Å². The lowest BCUT2D eigenvalue weighted by molar-refractivity contribution is -0.115. The molecule has 1 aromatic carbocycles. The van der Waals surface area contributed by atoms with Crippen molar-refractivity contribution in [3.63, 3.8) is 0 Å². The summed E-state index contributed by atoms with van der Waals surface area (Å²) in [6.07, 6.45) is 0.420. The number of benzene rings is 1. The fourth-order valence-electron chi connectivity index (χ4n) is 1.55. The molecule has 0 atom stereocenters. The van der Waals surface area contributed by atoms with Gasteiger partial charge in [0.1, 0.15) is 0 Å². The lowest BCUT2D eigenvalue weighted by Gasteiger charge is -2.05. The Morgan fingerprint density at radius 1 is 1.29 bits per heavy atom. The van der Waals surface area contributed by atoms with E-state index in [0.717, 1.165) is 0 Å². The molecule has 0 radical (unpaired) electrons. The molecule has 7 nitrogen and oxygen atoms in total. The monoisotopic (exact) mass is 305 g/mol. The molecule has 2 rings (SSSR count). The van der Waals surface area contributed by atoms with Gasteiger partial charge in [-0.15, -0.1) is 5.10 Å². The maximum atomic E-state index is 12.1. The minimum Gasteiger partial charge on any atom is -0.326 e. The zero-order valence-corrected chi connectivity index (χ0v) is 12.6. The van der Waals surface area contributed by atoms with E-state index in [2.05, 4.69) is 20.8 Å².